The Bertz CT molecular complexity index is 1060. The lowest BCUT2D eigenvalue weighted by Gasteiger charge is -2.08. The molecule has 152 valence electrons. The van der Waals surface area contributed by atoms with Crippen LogP contribution in [-0.2, 0) is 21.2 Å². The Labute approximate surface area is 171 Å². The maximum absolute atomic E-state index is 12.2. The molecule has 0 aliphatic heterocycles. The fraction of sp³-hybridized carbons (Fsp3) is 0.273. The second kappa shape index (κ2) is 9.05. The third-order valence-electron chi connectivity index (χ3n) is 4.27. The summed E-state index contributed by atoms with van der Waals surface area (Å²) in [4.78, 5) is 12.2. The van der Waals surface area contributed by atoms with Crippen molar-refractivity contribution < 1.29 is 13.2 Å². The van der Waals surface area contributed by atoms with Gasteiger partial charge in [0.1, 0.15) is 5.75 Å². The molecule has 29 heavy (non-hydrogen) atoms. The Balaban J connectivity index is 1.81. The Hall–Kier alpha value is -2.93. The van der Waals surface area contributed by atoms with Crippen molar-refractivity contribution in [1.82, 2.24) is 15.1 Å². The number of rotatable bonds is 8. The molecule has 0 unspecified atom stereocenters. The van der Waals surface area contributed by atoms with Crippen LogP contribution in [0.5, 0.6) is 0 Å². The predicted molar refractivity (Wildman–Crippen MR) is 114 cm³/mol. The molecule has 0 spiro atoms. The van der Waals surface area contributed by atoms with E-state index in [0.717, 1.165) is 22.5 Å². The van der Waals surface area contributed by atoms with Crippen molar-refractivity contribution in [3.8, 4) is 16.9 Å². The fourth-order valence-electron chi connectivity index (χ4n) is 3.10. The van der Waals surface area contributed by atoms with Gasteiger partial charge in [-0.15, -0.1) is 0 Å². The van der Waals surface area contributed by atoms with E-state index in [1.165, 1.54) is 0 Å². The van der Waals surface area contributed by atoms with Gasteiger partial charge in [0.2, 0.25) is 5.91 Å². The largest absolute Gasteiger partial charge is 0.351 e. The first-order valence-electron chi connectivity index (χ1n) is 9.50. The number of hydrogen-bond donors (Lipinski definition) is 1. The van der Waals surface area contributed by atoms with E-state index in [1.807, 2.05) is 80.7 Å². The number of amides is 1. The predicted octanol–water partition coefficient (Wildman–Crippen LogP) is 3.23. The van der Waals surface area contributed by atoms with Crippen LogP contribution in [0.15, 0.2) is 66.9 Å². The normalized spacial score (nSPS) is 11.6. The number of hydrogen-bond acceptors (Lipinski definition) is 4. The molecule has 3 rings (SSSR count). The van der Waals surface area contributed by atoms with E-state index in [0.29, 0.717) is 0 Å². The lowest BCUT2D eigenvalue weighted by atomic mass is 10.1. The number of nitrogens with zero attached hydrogens (tertiary/aromatic N) is 2. The molecule has 0 radical (unpaired) electrons. The maximum atomic E-state index is 12.2. The Kier molecular flexibility index (Phi) is 6.49. The minimum Gasteiger partial charge on any atom is -0.351 e. The second-order valence-electron chi connectivity index (χ2n) is 7.37. The maximum Gasteiger partial charge on any atom is 0.235 e. The van der Waals surface area contributed by atoms with Crippen LogP contribution in [0.3, 0.4) is 0 Å². The Morgan fingerprint density at radius 1 is 1.03 bits per heavy atom. The molecule has 0 bridgehead atoms. The second-order valence-corrected chi connectivity index (χ2v) is 9.48. The van der Waals surface area contributed by atoms with Gasteiger partial charge in [-0.05, 0) is 18.1 Å². The average molecular weight is 412 g/mol. The van der Waals surface area contributed by atoms with Gasteiger partial charge in [-0.1, -0.05) is 62.4 Å². The van der Waals surface area contributed by atoms with Gasteiger partial charge >= 0.3 is 0 Å². The van der Waals surface area contributed by atoms with Gasteiger partial charge in [0, 0.05) is 23.9 Å². The summed E-state index contributed by atoms with van der Waals surface area (Å²) in [6.45, 7) is 3.84. The van der Waals surface area contributed by atoms with Crippen molar-refractivity contribution >= 4 is 15.7 Å². The number of aromatic nitrogens is 2. The molecule has 1 N–H and O–H groups in total. The zero-order chi connectivity index (χ0) is 20.9. The van der Waals surface area contributed by atoms with Gasteiger partial charge in [-0.2, -0.15) is 5.10 Å². The highest BCUT2D eigenvalue weighted by molar-refractivity contribution is 7.92. The average Bonchev–Trinajstić information content (AvgIpc) is 3.10. The van der Waals surface area contributed by atoms with Crippen molar-refractivity contribution in [2.75, 3.05) is 11.5 Å². The van der Waals surface area contributed by atoms with Crippen LogP contribution < -0.4 is 5.32 Å². The summed E-state index contributed by atoms with van der Waals surface area (Å²) in [5.41, 5.74) is 3.40. The van der Waals surface area contributed by atoms with E-state index in [4.69, 9.17) is 0 Å². The molecular formula is C22H25N3O3S. The molecule has 3 aromatic rings. The van der Waals surface area contributed by atoms with Crippen molar-refractivity contribution in [3.05, 3.63) is 72.4 Å². The van der Waals surface area contributed by atoms with Crippen LogP contribution in [0.4, 0.5) is 0 Å². The first-order valence-corrected chi connectivity index (χ1v) is 11.3. The molecule has 0 atom stereocenters. The highest BCUT2D eigenvalue weighted by Crippen LogP contribution is 2.23. The number of carbonyl (C=O) groups is 1. The quantitative estimate of drug-likeness (QED) is 0.617. The lowest BCUT2D eigenvalue weighted by Crippen LogP contribution is -2.31. The van der Waals surface area contributed by atoms with Gasteiger partial charge in [-0.3, -0.25) is 4.79 Å². The summed E-state index contributed by atoms with van der Waals surface area (Å²) < 4.78 is 25.9. The molecule has 1 heterocycles. The molecule has 1 amide bonds. The monoisotopic (exact) mass is 411 g/mol. The Morgan fingerprint density at radius 2 is 1.66 bits per heavy atom. The molecule has 0 aliphatic carbocycles. The zero-order valence-electron chi connectivity index (χ0n) is 16.6. The van der Waals surface area contributed by atoms with Crippen molar-refractivity contribution in [2.24, 2.45) is 5.92 Å². The van der Waals surface area contributed by atoms with E-state index in [1.54, 1.807) is 4.68 Å². The number of sulfone groups is 1. The molecule has 0 aliphatic rings. The molecule has 0 saturated carbocycles. The lowest BCUT2D eigenvalue weighted by molar-refractivity contribution is -0.118. The Morgan fingerprint density at radius 3 is 2.28 bits per heavy atom. The van der Waals surface area contributed by atoms with Gasteiger partial charge < -0.3 is 5.32 Å². The van der Waals surface area contributed by atoms with Gasteiger partial charge in [0.25, 0.3) is 0 Å². The molecule has 1 aromatic heterocycles. The molecular weight excluding hydrogens is 386 g/mol. The molecule has 6 nitrogen and oxygen atoms in total. The summed E-state index contributed by atoms with van der Waals surface area (Å²) in [7, 11) is -3.42. The highest BCUT2D eigenvalue weighted by Gasteiger charge is 2.19. The molecule has 0 saturated heterocycles. The van der Waals surface area contributed by atoms with Gasteiger partial charge in [-0.25, -0.2) is 13.1 Å². The van der Waals surface area contributed by atoms with E-state index in [2.05, 4.69) is 10.4 Å². The summed E-state index contributed by atoms with van der Waals surface area (Å²) in [5, 5.41) is 7.42. The van der Waals surface area contributed by atoms with Crippen LogP contribution in [-0.4, -0.2) is 35.6 Å². The number of nitrogens with one attached hydrogen (secondary N) is 1. The van der Waals surface area contributed by atoms with E-state index >= 15 is 0 Å². The van der Waals surface area contributed by atoms with Crippen molar-refractivity contribution in [3.63, 3.8) is 0 Å². The van der Waals surface area contributed by atoms with Crippen LogP contribution in [0, 0.1) is 5.92 Å². The topological polar surface area (TPSA) is 81.1 Å². The smallest absolute Gasteiger partial charge is 0.235 e. The first kappa shape index (κ1) is 20.8. The number of carbonyl (C=O) groups excluding carboxylic acids is 1. The summed E-state index contributed by atoms with van der Waals surface area (Å²) >= 11 is 0. The third kappa shape index (κ3) is 5.77. The van der Waals surface area contributed by atoms with Crippen LogP contribution in [0.2, 0.25) is 0 Å². The SMILES string of the molecule is CC(C)CS(=O)(=O)CC(=O)NCc1cn(-c2ccccc2)nc1-c1ccccc1. The first-order chi connectivity index (χ1) is 13.8. The van der Waals surface area contributed by atoms with Gasteiger partial charge in [0.05, 0.1) is 17.1 Å². The van der Waals surface area contributed by atoms with E-state index < -0.39 is 21.5 Å². The fourth-order valence-corrected chi connectivity index (χ4v) is 4.74. The van der Waals surface area contributed by atoms with E-state index in [9.17, 15) is 13.2 Å². The summed E-state index contributed by atoms with van der Waals surface area (Å²) in [5.74, 6) is -1.01. The van der Waals surface area contributed by atoms with Gasteiger partial charge in [0.15, 0.2) is 9.84 Å². The van der Waals surface area contributed by atoms with Crippen molar-refractivity contribution in [2.45, 2.75) is 20.4 Å². The minimum absolute atomic E-state index is 0.00161. The molecule has 7 heteroatoms. The molecule has 2 aromatic carbocycles. The summed E-state index contributed by atoms with van der Waals surface area (Å²) in [6.07, 6.45) is 1.86. The number of para-hydroxylation sites is 1. The van der Waals surface area contributed by atoms with Crippen LogP contribution >= 0.6 is 0 Å². The minimum atomic E-state index is -3.42. The number of benzene rings is 2. The third-order valence-corrected chi connectivity index (χ3v) is 6.15. The zero-order valence-corrected chi connectivity index (χ0v) is 17.4. The highest BCUT2D eigenvalue weighted by atomic mass is 32.2. The van der Waals surface area contributed by atoms with E-state index in [-0.39, 0.29) is 18.2 Å². The van der Waals surface area contributed by atoms with Crippen molar-refractivity contribution in [1.29, 1.82) is 0 Å². The standard InChI is InChI=1S/C22H25N3O3S/c1-17(2)15-29(27,28)16-21(26)23-13-19-14-25(20-11-7-4-8-12-20)24-22(19)18-9-5-3-6-10-18/h3-12,14,17H,13,15-16H2,1-2H3,(H,23,26). The summed E-state index contributed by atoms with van der Waals surface area (Å²) in [6, 6.07) is 19.4. The van der Waals surface area contributed by atoms with Crippen LogP contribution in [0.1, 0.15) is 19.4 Å². The van der Waals surface area contributed by atoms with Crippen LogP contribution in [0.25, 0.3) is 16.9 Å². The molecule has 0 fully saturated rings.